The van der Waals surface area contributed by atoms with Crippen molar-refractivity contribution in [3.63, 3.8) is 0 Å². The van der Waals surface area contributed by atoms with Gasteiger partial charge in [-0.3, -0.25) is 14.4 Å². The zero-order chi connectivity index (χ0) is 53.5. The van der Waals surface area contributed by atoms with Crippen molar-refractivity contribution in [2.45, 2.75) is 329 Å². The Morgan fingerprint density at radius 3 is 0.644 bits per heavy atom. The number of ether oxygens (including phenoxy) is 3. The SMILES string of the molecule is CCCCCCCCCCCCCCCCCC[N+](C)(CCC[N+](C)(CCOC(=O)CCCCCCCCCCC)CCOC(=O)CCCCCCCCCCC)CCOC(=O)CCCCCCCCCCC. The van der Waals surface area contributed by atoms with Gasteiger partial charge in [-0.15, -0.1) is 0 Å². The number of rotatable bonds is 60. The molecule has 0 N–H and O–H groups in total. The zero-order valence-electron chi connectivity index (χ0n) is 50.4. The summed E-state index contributed by atoms with van der Waals surface area (Å²) in [6, 6.07) is 0. The third-order valence-corrected chi connectivity index (χ3v) is 16.1. The van der Waals surface area contributed by atoms with Crippen LogP contribution in [0.3, 0.4) is 0 Å². The Morgan fingerprint density at radius 2 is 0.411 bits per heavy atom. The minimum Gasteiger partial charge on any atom is -0.460 e. The van der Waals surface area contributed by atoms with Gasteiger partial charge in [0, 0.05) is 25.7 Å². The van der Waals surface area contributed by atoms with E-state index in [9.17, 15) is 14.4 Å². The lowest BCUT2D eigenvalue weighted by Crippen LogP contribution is -2.52. The van der Waals surface area contributed by atoms with Crippen molar-refractivity contribution in [2.75, 3.05) is 73.2 Å². The van der Waals surface area contributed by atoms with Crippen LogP contribution in [0.4, 0.5) is 0 Å². The Hall–Kier alpha value is -1.67. The van der Waals surface area contributed by atoms with Gasteiger partial charge in [-0.2, -0.15) is 0 Å². The van der Waals surface area contributed by atoms with Gasteiger partial charge in [0.05, 0.1) is 33.7 Å². The molecule has 1 atom stereocenters. The molecule has 0 aliphatic heterocycles. The first-order chi connectivity index (χ1) is 35.6. The third-order valence-electron chi connectivity index (χ3n) is 16.1. The minimum atomic E-state index is -0.0859. The molecule has 0 aliphatic carbocycles. The average molecular weight is 1040 g/mol. The Labute approximate surface area is 456 Å². The second-order valence-corrected chi connectivity index (χ2v) is 23.6. The molecule has 0 radical (unpaired) electrons. The van der Waals surface area contributed by atoms with Gasteiger partial charge in [-0.05, 0) is 32.1 Å². The lowest BCUT2D eigenvalue weighted by Gasteiger charge is -2.38. The van der Waals surface area contributed by atoms with Gasteiger partial charge < -0.3 is 23.2 Å². The first-order valence-corrected chi connectivity index (χ1v) is 32.8. The Morgan fingerprint density at radius 1 is 0.233 bits per heavy atom. The molecule has 0 heterocycles. The summed E-state index contributed by atoms with van der Waals surface area (Å²) in [5, 5.41) is 0. The molecule has 8 nitrogen and oxygen atoms in total. The van der Waals surface area contributed by atoms with Crippen LogP contribution in [0.2, 0.25) is 0 Å². The molecule has 0 rings (SSSR count). The van der Waals surface area contributed by atoms with Crippen molar-refractivity contribution >= 4 is 17.9 Å². The maximum atomic E-state index is 12.9. The van der Waals surface area contributed by atoms with E-state index in [-0.39, 0.29) is 17.9 Å². The smallest absolute Gasteiger partial charge is 0.305 e. The third kappa shape index (κ3) is 52.2. The van der Waals surface area contributed by atoms with E-state index in [0.717, 1.165) is 75.6 Å². The topological polar surface area (TPSA) is 78.9 Å². The average Bonchev–Trinajstić information content (AvgIpc) is 3.37. The molecule has 0 aromatic heterocycles. The highest BCUT2D eigenvalue weighted by atomic mass is 16.5. The van der Waals surface area contributed by atoms with Crippen LogP contribution in [0.25, 0.3) is 0 Å². The van der Waals surface area contributed by atoms with Crippen molar-refractivity contribution in [1.29, 1.82) is 0 Å². The number of carbonyl (C=O) groups is 3. The van der Waals surface area contributed by atoms with E-state index in [1.807, 2.05) is 0 Å². The molecule has 8 heteroatoms. The van der Waals surface area contributed by atoms with Crippen molar-refractivity contribution < 1.29 is 37.6 Å². The quantitative estimate of drug-likeness (QED) is 0.0261. The van der Waals surface area contributed by atoms with Gasteiger partial charge in [-0.1, -0.05) is 272 Å². The molecule has 0 aliphatic rings. The number of hydrogen-bond donors (Lipinski definition) is 0. The van der Waals surface area contributed by atoms with Crippen molar-refractivity contribution in [3.05, 3.63) is 0 Å². The maximum Gasteiger partial charge on any atom is 0.305 e. The van der Waals surface area contributed by atoms with E-state index < -0.39 is 0 Å². The van der Waals surface area contributed by atoms with Crippen LogP contribution >= 0.6 is 0 Å². The van der Waals surface area contributed by atoms with Crippen LogP contribution in [0.1, 0.15) is 329 Å². The normalized spacial score (nSPS) is 12.6. The Kier molecular flexibility index (Phi) is 53.8. The highest BCUT2D eigenvalue weighted by Crippen LogP contribution is 2.18. The predicted octanol–water partition coefficient (Wildman–Crippen LogP) is 18.9. The Bertz CT molecular complexity index is 1140. The van der Waals surface area contributed by atoms with E-state index >= 15 is 0 Å². The molecule has 0 spiro atoms. The molecule has 434 valence electrons. The standard InChI is InChI=1S/C65H130N2O6/c1-7-11-15-19-23-27-28-29-30-31-32-33-37-41-45-49-54-66(5,57-60-71-63(68)51-46-42-38-34-24-20-16-12-8-2)55-50-56-67(6,58-61-72-64(69)52-47-43-39-35-25-21-17-13-9-3)59-62-73-65(70)53-48-44-40-36-26-22-18-14-10-4/h7-62H2,1-6H3/q+2. The Balaban J connectivity index is 5.27. The molecular formula is C65H130N2O6+2. The molecule has 0 bridgehead atoms. The molecule has 0 saturated carbocycles. The second-order valence-electron chi connectivity index (χ2n) is 23.6. The first kappa shape index (κ1) is 71.3. The fourth-order valence-electron chi connectivity index (χ4n) is 10.6. The highest BCUT2D eigenvalue weighted by Gasteiger charge is 2.27. The van der Waals surface area contributed by atoms with Crippen LogP contribution in [0.15, 0.2) is 0 Å². The summed E-state index contributed by atoms with van der Waals surface area (Å²) >= 11 is 0. The molecule has 0 amide bonds. The lowest BCUT2D eigenvalue weighted by molar-refractivity contribution is -0.928. The van der Waals surface area contributed by atoms with Crippen molar-refractivity contribution in [3.8, 4) is 0 Å². The van der Waals surface area contributed by atoms with Gasteiger partial charge >= 0.3 is 17.9 Å². The summed E-state index contributed by atoms with van der Waals surface area (Å²) in [6.07, 6.45) is 57.7. The fraction of sp³-hybridized carbons (Fsp3) is 0.954. The first-order valence-electron chi connectivity index (χ1n) is 32.8. The van der Waals surface area contributed by atoms with Crippen molar-refractivity contribution in [1.82, 2.24) is 0 Å². The maximum absolute atomic E-state index is 12.9. The molecule has 0 fully saturated rings. The van der Waals surface area contributed by atoms with Gasteiger partial charge in [0.2, 0.25) is 0 Å². The summed E-state index contributed by atoms with van der Waals surface area (Å²) in [5.41, 5.74) is 0. The second kappa shape index (κ2) is 55.1. The van der Waals surface area contributed by atoms with Crippen LogP contribution in [-0.4, -0.2) is 100 Å². The molecule has 0 aromatic rings. The van der Waals surface area contributed by atoms with Gasteiger partial charge in [0.15, 0.2) is 0 Å². The molecule has 1 unspecified atom stereocenters. The van der Waals surface area contributed by atoms with Crippen LogP contribution in [0, 0.1) is 0 Å². The number of likely N-dealkylation sites (N-methyl/N-ethyl adjacent to an activating group) is 2. The summed E-state index contributed by atoms with van der Waals surface area (Å²) in [6.45, 7) is 15.6. The highest BCUT2D eigenvalue weighted by molar-refractivity contribution is 5.69. The number of esters is 3. The predicted molar refractivity (Wildman–Crippen MR) is 314 cm³/mol. The number of carbonyl (C=O) groups excluding carboxylic acids is 3. The van der Waals surface area contributed by atoms with Crippen LogP contribution in [0.5, 0.6) is 0 Å². The lowest BCUT2D eigenvalue weighted by atomic mass is 10.0. The van der Waals surface area contributed by atoms with E-state index in [1.165, 1.54) is 238 Å². The van der Waals surface area contributed by atoms with E-state index in [4.69, 9.17) is 14.2 Å². The molecular weight excluding hydrogens is 905 g/mol. The number of nitrogens with zero attached hydrogens (tertiary/aromatic N) is 2. The van der Waals surface area contributed by atoms with Gasteiger partial charge in [-0.25, -0.2) is 0 Å². The van der Waals surface area contributed by atoms with E-state index in [2.05, 4.69) is 41.8 Å². The van der Waals surface area contributed by atoms with Gasteiger partial charge in [0.1, 0.15) is 39.5 Å². The number of hydrogen-bond acceptors (Lipinski definition) is 6. The molecule has 0 saturated heterocycles. The summed E-state index contributed by atoms with van der Waals surface area (Å²) in [5.74, 6) is -0.213. The van der Waals surface area contributed by atoms with E-state index in [1.54, 1.807) is 0 Å². The van der Waals surface area contributed by atoms with Crippen LogP contribution < -0.4 is 0 Å². The molecule has 0 aromatic carbocycles. The fourth-order valence-corrected chi connectivity index (χ4v) is 10.6. The zero-order valence-corrected chi connectivity index (χ0v) is 50.4. The number of unbranched alkanes of at least 4 members (excludes halogenated alkanes) is 39. The monoisotopic (exact) mass is 1030 g/mol. The van der Waals surface area contributed by atoms with Gasteiger partial charge in [0.25, 0.3) is 0 Å². The van der Waals surface area contributed by atoms with Crippen molar-refractivity contribution in [2.24, 2.45) is 0 Å². The summed E-state index contributed by atoms with van der Waals surface area (Å²) < 4.78 is 19.2. The summed E-state index contributed by atoms with van der Waals surface area (Å²) in [7, 11) is 4.61. The molecule has 73 heavy (non-hydrogen) atoms. The minimum absolute atomic E-state index is 0.0409. The number of quaternary nitrogens is 2. The van der Waals surface area contributed by atoms with E-state index in [0.29, 0.717) is 56.7 Å². The largest absolute Gasteiger partial charge is 0.460 e. The summed E-state index contributed by atoms with van der Waals surface area (Å²) in [4.78, 5) is 38.6. The van der Waals surface area contributed by atoms with Crippen LogP contribution in [-0.2, 0) is 28.6 Å².